The van der Waals surface area contributed by atoms with Crippen LogP contribution in [0.3, 0.4) is 0 Å². The first-order valence-electron chi connectivity index (χ1n) is 11.6. The average molecular weight is 492 g/mol. The molecule has 1 amide bonds. The van der Waals surface area contributed by atoms with Crippen LogP contribution >= 0.6 is 0 Å². The maximum absolute atomic E-state index is 13.0. The number of hydrogen-bond donors (Lipinski definition) is 1. The molecule has 10 nitrogen and oxygen atoms in total. The summed E-state index contributed by atoms with van der Waals surface area (Å²) in [6.07, 6.45) is 4.58. The average Bonchev–Trinajstić information content (AvgIpc) is 2.87. The highest BCUT2D eigenvalue weighted by molar-refractivity contribution is 7.89. The number of nitrogens with zero attached hydrogens (tertiary/aromatic N) is 2. The SMILES string of the molecule is N#CC1(NC(=O)COC(=O)C2CCN(S(=O)(=O)c3ccc4c(c3)OCCO4)CC2)CCCCC1. The van der Waals surface area contributed by atoms with Gasteiger partial charge in [0.1, 0.15) is 18.8 Å². The van der Waals surface area contributed by atoms with Crippen LogP contribution < -0.4 is 14.8 Å². The van der Waals surface area contributed by atoms with E-state index in [1.165, 1.54) is 16.4 Å². The zero-order valence-corrected chi connectivity index (χ0v) is 19.8. The molecule has 1 N–H and O–H groups in total. The number of ether oxygens (including phenoxy) is 3. The molecule has 1 saturated heterocycles. The van der Waals surface area contributed by atoms with Crippen molar-refractivity contribution in [2.75, 3.05) is 32.9 Å². The third-order valence-corrected chi connectivity index (χ3v) is 8.48. The largest absolute Gasteiger partial charge is 0.486 e. The topological polar surface area (TPSA) is 135 Å². The van der Waals surface area contributed by atoms with E-state index in [9.17, 15) is 23.3 Å². The summed E-state index contributed by atoms with van der Waals surface area (Å²) >= 11 is 0. The number of hydrogen-bond acceptors (Lipinski definition) is 8. The van der Waals surface area contributed by atoms with Gasteiger partial charge >= 0.3 is 5.97 Å². The quantitative estimate of drug-likeness (QED) is 0.595. The number of piperidine rings is 1. The number of carbonyl (C=O) groups excluding carboxylic acids is 2. The molecule has 0 radical (unpaired) electrons. The maximum atomic E-state index is 13.0. The zero-order chi connectivity index (χ0) is 24.2. The fourth-order valence-corrected chi connectivity index (χ4v) is 6.13. The zero-order valence-electron chi connectivity index (χ0n) is 19.0. The number of rotatable bonds is 6. The molecule has 0 bridgehead atoms. The molecular weight excluding hydrogens is 462 g/mol. The number of carbonyl (C=O) groups is 2. The molecule has 2 fully saturated rings. The van der Waals surface area contributed by atoms with Crippen LogP contribution in [0.5, 0.6) is 11.5 Å². The summed E-state index contributed by atoms with van der Waals surface area (Å²) in [7, 11) is -3.75. The van der Waals surface area contributed by atoms with Gasteiger partial charge in [-0.2, -0.15) is 9.57 Å². The van der Waals surface area contributed by atoms with Gasteiger partial charge < -0.3 is 19.5 Å². The van der Waals surface area contributed by atoms with E-state index in [4.69, 9.17) is 14.2 Å². The van der Waals surface area contributed by atoms with E-state index in [1.807, 2.05) is 0 Å². The molecule has 3 aliphatic rings. The van der Waals surface area contributed by atoms with Crippen molar-refractivity contribution in [3.8, 4) is 17.6 Å². The van der Waals surface area contributed by atoms with Crippen molar-refractivity contribution in [3.63, 3.8) is 0 Å². The van der Waals surface area contributed by atoms with E-state index in [-0.39, 0.29) is 18.0 Å². The Morgan fingerprint density at radius 2 is 1.79 bits per heavy atom. The van der Waals surface area contributed by atoms with E-state index >= 15 is 0 Å². The van der Waals surface area contributed by atoms with Crippen LogP contribution in [0.2, 0.25) is 0 Å². The van der Waals surface area contributed by atoms with E-state index in [1.54, 1.807) is 6.07 Å². The Kier molecular flexibility index (Phi) is 7.28. The normalized spacial score (nSPS) is 20.7. The first-order chi connectivity index (χ1) is 16.3. The van der Waals surface area contributed by atoms with Crippen molar-refractivity contribution >= 4 is 21.9 Å². The first-order valence-corrected chi connectivity index (χ1v) is 13.1. The smallest absolute Gasteiger partial charge is 0.309 e. The minimum absolute atomic E-state index is 0.114. The fourth-order valence-electron chi connectivity index (χ4n) is 4.64. The van der Waals surface area contributed by atoms with Crippen LogP contribution in [0.15, 0.2) is 23.1 Å². The Balaban J connectivity index is 1.27. The molecule has 34 heavy (non-hydrogen) atoms. The lowest BCUT2D eigenvalue weighted by Gasteiger charge is -2.32. The van der Waals surface area contributed by atoms with Gasteiger partial charge in [0.25, 0.3) is 5.91 Å². The van der Waals surface area contributed by atoms with Gasteiger partial charge in [0.05, 0.1) is 16.9 Å². The summed E-state index contributed by atoms with van der Waals surface area (Å²) in [5, 5.41) is 12.2. The molecule has 2 heterocycles. The van der Waals surface area contributed by atoms with Gasteiger partial charge in [-0.3, -0.25) is 9.59 Å². The molecule has 1 aromatic carbocycles. The van der Waals surface area contributed by atoms with Gasteiger partial charge in [0.15, 0.2) is 18.1 Å². The Bertz CT molecular complexity index is 1070. The summed E-state index contributed by atoms with van der Waals surface area (Å²) in [5.74, 6) is -0.592. The number of esters is 1. The molecule has 4 rings (SSSR count). The number of fused-ring (bicyclic) bond motifs is 1. The van der Waals surface area contributed by atoms with Gasteiger partial charge in [0.2, 0.25) is 10.0 Å². The van der Waals surface area contributed by atoms with E-state index < -0.39 is 40.0 Å². The van der Waals surface area contributed by atoms with Crippen molar-refractivity contribution in [1.82, 2.24) is 9.62 Å². The molecular formula is C23H29N3O7S. The maximum Gasteiger partial charge on any atom is 0.309 e. The van der Waals surface area contributed by atoms with Gasteiger partial charge in [-0.15, -0.1) is 0 Å². The van der Waals surface area contributed by atoms with Crippen molar-refractivity contribution in [2.45, 2.75) is 55.4 Å². The molecule has 184 valence electrons. The Labute approximate surface area is 199 Å². The fraction of sp³-hybridized carbons (Fsp3) is 0.609. The second-order valence-corrected chi connectivity index (χ2v) is 10.8. The van der Waals surface area contributed by atoms with Crippen molar-refractivity contribution in [2.24, 2.45) is 5.92 Å². The highest BCUT2D eigenvalue weighted by Gasteiger charge is 2.35. The van der Waals surface area contributed by atoms with Crippen LogP contribution in [0, 0.1) is 17.2 Å². The summed E-state index contributed by atoms with van der Waals surface area (Å²) in [6.45, 7) is 0.668. The Morgan fingerprint density at radius 1 is 1.12 bits per heavy atom. The standard InChI is InChI=1S/C23H29N3O7S/c24-16-23(8-2-1-3-9-23)25-21(27)15-33-22(28)17-6-10-26(11-7-17)34(29,30)18-4-5-19-20(14-18)32-13-12-31-19/h4-5,14,17H,1-3,6-13,15H2,(H,25,27). The van der Waals surface area contributed by atoms with Crippen LogP contribution in [0.4, 0.5) is 0 Å². The van der Waals surface area contributed by atoms with Gasteiger partial charge in [0, 0.05) is 19.2 Å². The second-order valence-electron chi connectivity index (χ2n) is 8.89. The lowest BCUT2D eigenvalue weighted by Crippen LogP contribution is -2.50. The van der Waals surface area contributed by atoms with Crippen LogP contribution in [0.25, 0.3) is 0 Å². The molecule has 0 atom stereocenters. The highest BCUT2D eigenvalue weighted by atomic mass is 32.2. The summed E-state index contributed by atoms with van der Waals surface area (Å²) < 4.78 is 43.5. The summed E-state index contributed by atoms with van der Waals surface area (Å²) in [4.78, 5) is 24.8. The van der Waals surface area contributed by atoms with Crippen LogP contribution in [-0.2, 0) is 24.3 Å². The molecule has 1 aliphatic carbocycles. The molecule has 2 aliphatic heterocycles. The molecule has 0 spiro atoms. The van der Waals surface area contributed by atoms with Crippen molar-refractivity contribution < 1.29 is 32.2 Å². The summed E-state index contributed by atoms with van der Waals surface area (Å²) in [6, 6.07) is 6.73. The second kappa shape index (κ2) is 10.2. The molecule has 1 saturated carbocycles. The van der Waals surface area contributed by atoms with Crippen LogP contribution in [-0.4, -0.2) is 63.0 Å². The number of benzene rings is 1. The molecule has 0 aromatic heterocycles. The molecule has 11 heteroatoms. The number of amides is 1. The number of sulfonamides is 1. The van der Waals surface area contributed by atoms with E-state index in [2.05, 4.69) is 11.4 Å². The van der Waals surface area contributed by atoms with E-state index in [0.29, 0.717) is 50.4 Å². The number of nitriles is 1. The minimum atomic E-state index is -3.75. The van der Waals surface area contributed by atoms with E-state index in [0.717, 1.165) is 19.3 Å². The van der Waals surface area contributed by atoms with Crippen molar-refractivity contribution in [1.29, 1.82) is 5.26 Å². The molecule has 0 unspecified atom stereocenters. The monoisotopic (exact) mass is 491 g/mol. The van der Waals surface area contributed by atoms with Crippen LogP contribution in [0.1, 0.15) is 44.9 Å². The van der Waals surface area contributed by atoms with Gasteiger partial charge in [-0.05, 0) is 37.8 Å². The third-order valence-electron chi connectivity index (χ3n) is 6.58. The Hall–Kier alpha value is -2.84. The highest BCUT2D eigenvalue weighted by Crippen LogP contribution is 2.34. The predicted molar refractivity (Wildman–Crippen MR) is 119 cm³/mol. The number of nitrogens with one attached hydrogen (secondary N) is 1. The molecule has 1 aromatic rings. The minimum Gasteiger partial charge on any atom is -0.486 e. The summed E-state index contributed by atoms with van der Waals surface area (Å²) in [5.41, 5.74) is -0.880. The first kappa shape index (κ1) is 24.3. The Morgan fingerprint density at radius 3 is 2.47 bits per heavy atom. The van der Waals surface area contributed by atoms with Gasteiger partial charge in [-0.1, -0.05) is 19.3 Å². The van der Waals surface area contributed by atoms with Gasteiger partial charge in [-0.25, -0.2) is 8.42 Å². The predicted octanol–water partition coefficient (Wildman–Crippen LogP) is 1.74. The lowest BCUT2D eigenvalue weighted by atomic mass is 9.83. The third kappa shape index (κ3) is 5.28. The lowest BCUT2D eigenvalue weighted by molar-refractivity contribution is -0.154. The van der Waals surface area contributed by atoms with Crippen molar-refractivity contribution in [3.05, 3.63) is 18.2 Å².